The molecular weight excluding hydrogens is 543 g/mol. The first-order valence-corrected chi connectivity index (χ1v) is 14.1. The SMILES string of the molecule is CC(C)NC(=O)c1ccc(N2CCC3(CC2)[C@H](CCN(C)C(=O)C(O)(c2ccccc2)C(F)(F)F)[C@@H]3C)cc1Cl. The van der Waals surface area contributed by atoms with E-state index in [4.69, 9.17) is 11.6 Å². The Labute approximate surface area is 238 Å². The molecule has 1 spiro atoms. The molecule has 1 saturated carbocycles. The number of likely N-dealkylation sites (N-methyl/N-ethyl adjacent to an activating group) is 1. The smallest absolute Gasteiger partial charge is 0.371 e. The Morgan fingerprint density at radius 1 is 1.15 bits per heavy atom. The lowest BCUT2D eigenvalue weighted by molar-refractivity contribution is -0.261. The number of carbonyl (C=O) groups is 2. The summed E-state index contributed by atoms with van der Waals surface area (Å²) in [5, 5.41) is 13.9. The molecule has 4 rings (SSSR count). The number of amides is 2. The van der Waals surface area contributed by atoms with E-state index in [1.807, 2.05) is 26.0 Å². The van der Waals surface area contributed by atoms with E-state index in [0.29, 0.717) is 22.9 Å². The maximum absolute atomic E-state index is 13.9. The summed E-state index contributed by atoms with van der Waals surface area (Å²) < 4.78 is 41.8. The van der Waals surface area contributed by atoms with Crippen molar-refractivity contribution in [2.24, 2.45) is 17.3 Å². The number of halogens is 4. The van der Waals surface area contributed by atoms with E-state index in [2.05, 4.69) is 17.1 Å². The second-order valence-electron chi connectivity index (χ2n) is 11.5. The minimum Gasteiger partial charge on any atom is -0.371 e. The van der Waals surface area contributed by atoms with Gasteiger partial charge in [-0.05, 0) is 68.6 Å². The van der Waals surface area contributed by atoms with E-state index >= 15 is 0 Å². The van der Waals surface area contributed by atoms with Gasteiger partial charge < -0.3 is 20.2 Å². The van der Waals surface area contributed by atoms with E-state index in [-0.39, 0.29) is 29.8 Å². The lowest BCUT2D eigenvalue weighted by atomic mass is 9.88. The standard InChI is InChI=1S/C30H37ClF3N3O3/c1-19(2)35-26(38)23-11-10-22(18-25(23)31)37-16-13-28(14-17-37)20(3)24(28)12-15-36(4)27(39)29(40,30(32,33)34)21-8-6-5-7-9-21/h5-11,18-20,24,40H,12-17H2,1-4H3,(H,35,38)/t20-,24+,29?/m0/s1. The maximum Gasteiger partial charge on any atom is 0.430 e. The predicted octanol–water partition coefficient (Wildman–Crippen LogP) is 5.63. The van der Waals surface area contributed by atoms with Crippen LogP contribution in [0.4, 0.5) is 18.9 Å². The molecule has 2 N–H and O–H groups in total. The number of piperidine rings is 1. The number of hydrogen-bond acceptors (Lipinski definition) is 4. The molecule has 0 radical (unpaired) electrons. The molecule has 2 aromatic rings. The van der Waals surface area contributed by atoms with Crippen molar-refractivity contribution >= 4 is 29.1 Å². The van der Waals surface area contributed by atoms with Crippen LogP contribution in [0.25, 0.3) is 0 Å². The van der Waals surface area contributed by atoms with Gasteiger partial charge in [-0.15, -0.1) is 0 Å². The van der Waals surface area contributed by atoms with Gasteiger partial charge in [-0.2, -0.15) is 13.2 Å². The highest BCUT2D eigenvalue weighted by molar-refractivity contribution is 6.34. The zero-order valence-corrected chi connectivity index (χ0v) is 24.0. The van der Waals surface area contributed by atoms with Crippen LogP contribution in [0.1, 0.15) is 56.0 Å². The molecule has 1 unspecified atom stereocenters. The quantitative estimate of drug-likeness (QED) is 0.425. The van der Waals surface area contributed by atoms with Crippen LogP contribution < -0.4 is 10.2 Å². The van der Waals surface area contributed by atoms with Gasteiger partial charge in [-0.3, -0.25) is 9.59 Å². The average Bonchev–Trinajstić information content (AvgIpc) is 3.45. The Bertz CT molecular complexity index is 1230. The van der Waals surface area contributed by atoms with E-state index < -0.39 is 23.2 Å². The van der Waals surface area contributed by atoms with Crippen LogP contribution in [-0.2, 0) is 10.4 Å². The van der Waals surface area contributed by atoms with Gasteiger partial charge in [-0.1, -0.05) is 48.9 Å². The number of benzene rings is 2. The number of rotatable bonds is 8. The number of hydrogen-bond donors (Lipinski definition) is 2. The average molecular weight is 580 g/mol. The van der Waals surface area contributed by atoms with Gasteiger partial charge in [0.2, 0.25) is 0 Å². The van der Waals surface area contributed by atoms with Crippen LogP contribution >= 0.6 is 11.6 Å². The van der Waals surface area contributed by atoms with Crippen molar-refractivity contribution in [1.29, 1.82) is 0 Å². The highest BCUT2D eigenvalue weighted by Gasteiger charge is 2.63. The molecular formula is C30H37ClF3N3O3. The molecule has 1 saturated heterocycles. The lowest BCUT2D eigenvalue weighted by Crippen LogP contribution is -2.55. The summed E-state index contributed by atoms with van der Waals surface area (Å²) in [4.78, 5) is 28.6. The fourth-order valence-corrected chi connectivity index (χ4v) is 6.63. The minimum absolute atomic E-state index is 0.00703. The number of nitrogens with one attached hydrogen (secondary N) is 1. The second kappa shape index (κ2) is 11.2. The van der Waals surface area contributed by atoms with E-state index in [0.717, 1.165) is 48.7 Å². The van der Waals surface area contributed by atoms with Crippen molar-refractivity contribution in [3.05, 3.63) is 64.7 Å². The summed E-state index contributed by atoms with van der Waals surface area (Å²) in [6.07, 6.45) is -2.75. The molecule has 2 aliphatic rings. The molecule has 10 heteroatoms. The van der Waals surface area contributed by atoms with Gasteiger partial charge in [0, 0.05) is 44.0 Å². The molecule has 218 valence electrons. The Hall–Kier alpha value is -2.78. The third-order valence-electron chi connectivity index (χ3n) is 8.85. The van der Waals surface area contributed by atoms with Gasteiger partial charge in [0.25, 0.3) is 17.4 Å². The highest BCUT2D eigenvalue weighted by atomic mass is 35.5. The Kier molecular flexibility index (Phi) is 8.48. The summed E-state index contributed by atoms with van der Waals surface area (Å²) in [5.74, 6) is -0.906. The summed E-state index contributed by atoms with van der Waals surface area (Å²) in [5.41, 5.74) is -2.61. The Balaban J connectivity index is 1.35. The fourth-order valence-electron chi connectivity index (χ4n) is 6.37. The van der Waals surface area contributed by atoms with Crippen LogP contribution in [-0.4, -0.2) is 60.7 Å². The number of nitrogens with zero attached hydrogens (tertiary/aromatic N) is 2. The summed E-state index contributed by atoms with van der Waals surface area (Å²) in [6, 6.07) is 12.0. The highest BCUT2D eigenvalue weighted by Crippen LogP contribution is 2.66. The largest absolute Gasteiger partial charge is 0.430 e. The van der Waals surface area contributed by atoms with E-state index in [9.17, 15) is 27.9 Å². The third kappa shape index (κ3) is 5.55. The maximum atomic E-state index is 13.9. The van der Waals surface area contributed by atoms with Gasteiger partial charge in [-0.25, -0.2) is 0 Å². The van der Waals surface area contributed by atoms with Crippen molar-refractivity contribution < 1.29 is 27.9 Å². The van der Waals surface area contributed by atoms with Crippen molar-refractivity contribution in [2.45, 2.75) is 57.9 Å². The van der Waals surface area contributed by atoms with E-state index in [1.54, 1.807) is 6.07 Å². The molecule has 2 amide bonds. The molecule has 1 aliphatic carbocycles. The van der Waals surface area contributed by atoms with Gasteiger partial charge in [0.1, 0.15) is 0 Å². The minimum atomic E-state index is -5.15. The number of alkyl halides is 3. The van der Waals surface area contributed by atoms with Crippen LogP contribution in [0.3, 0.4) is 0 Å². The fraction of sp³-hybridized carbons (Fsp3) is 0.533. The normalized spacial score (nSPS) is 21.7. The van der Waals surface area contributed by atoms with Crippen LogP contribution in [0.2, 0.25) is 5.02 Å². The predicted molar refractivity (Wildman–Crippen MR) is 149 cm³/mol. The van der Waals surface area contributed by atoms with Crippen LogP contribution in [0, 0.1) is 17.3 Å². The first-order valence-electron chi connectivity index (χ1n) is 13.7. The van der Waals surface area contributed by atoms with Crippen LogP contribution in [0.5, 0.6) is 0 Å². The lowest BCUT2D eigenvalue weighted by Gasteiger charge is -2.36. The molecule has 6 nitrogen and oxygen atoms in total. The van der Waals surface area contributed by atoms with Gasteiger partial charge >= 0.3 is 6.18 Å². The molecule has 0 aromatic heterocycles. The summed E-state index contributed by atoms with van der Waals surface area (Å²) in [6.45, 7) is 7.66. The Morgan fingerprint density at radius 2 is 1.77 bits per heavy atom. The second-order valence-corrected chi connectivity index (χ2v) is 11.9. The van der Waals surface area contributed by atoms with Gasteiger partial charge in [0.05, 0.1) is 10.6 Å². The zero-order chi connectivity index (χ0) is 29.5. The molecule has 2 fully saturated rings. The number of anilines is 1. The molecule has 1 aliphatic heterocycles. The van der Waals surface area contributed by atoms with Crippen LogP contribution in [0.15, 0.2) is 48.5 Å². The molecule has 3 atom stereocenters. The first-order chi connectivity index (χ1) is 18.7. The van der Waals surface area contributed by atoms with E-state index in [1.165, 1.54) is 25.2 Å². The molecule has 1 heterocycles. The molecule has 2 aromatic carbocycles. The van der Waals surface area contributed by atoms with Crippen molar-refractivity contribution in [1.82, 2.24) is 10.2 Å². The monoisotopic (exact) mass is 579 g/mol. The third-order valence-corrected chi connectivity index (χ3v) is 9.16. The number of carbonyl (C=O) groups excluding carboxylic acids is 2. The van der Waals surface area contributed by atoms with Gasteiger partial charge in [0.15, 0.2) is 0 Å². The first kappa shape index (κ1) is 30.2. The molecule has 40 heavy (non-hydrogen) atoms. The summed E-state index contributed by atoms with van der Waals surface area (Å²) in [7, 11) is 1.32. The zero-order valence-electron chi connectivity index (χ0n) is 23.3. The number of aliphatic hydroxyl groups is 1. The molecule has 0 bridgehead atoms. The van der Waals surface area contributed by atoms with Crippen molar-refractivity contribution in [3.8, 4) is 0 Å². The topological polar surface area (TPSA) is 72.9 Å². The van der Waals surface area contributed by atoms with Crippen molar-refractivity contribution in [2.75, 3.05) is 31.6 Å². The van der Waals surface area contributed by atoms with Crippen molar-refractivity contribution in [3.63, 3.8) is 0 Å². The Morgan fingerprint density at radius 3 is 2.33 bits per heavy atom. The summed E-state index contributed by atoms with van der Waals surface area (Å²) >= 11 is 6.43.